The minimum absolute atomic E-state index is 0.0229. The van der Waals surface area contributed by atoms with E-state index >= 15 is 0 Å². The fraction of sp³-hybridized carbons (Fsp3) is 0.917. The first-order valence-corrected chi connectivity index (χ1v) is 8.35. The number of hydrogen-bond donors (Lipinski definition) is 1. The van der Waals surface area contributed by atoms with Crippen LogP contribution >= 0.6 is 0 Å². The fourth-order valence-corrected chi connectivity index (χ4v) is 4.84. The molecule has 2 fully saturated rings. The largest absolute Gasteiger partial charge is 0.481 e. The van der Waals surface area contributed by atoms with Crippen LogP contribution in [0.1, 0.15) is 32.6 Å². The summed E-state index contributed by atoms with van der Waals surface area (Å²) >= 11 is 0. The molecule has 110 valence electrons. The fourth-order valence-electron chi connectivity index (χ4n) is 2.89. The molecule has 0 aromatic heterocycles. The highest BCUT2D eigenvalue weighted by molar-refractivity contribution is 7.89. The van der Waals surface area contributed by atoms with Gasteiger partial charge in [0.05, 0.1) is 17.8 Å². The SMILES string of the molecule is CC1CC(C(=O)O)CCN1S(=O)(=O)CC1CCCO1. The number of ether oxygens (including phenoxy) is 1. The summed E-state index contributed by atoms with van der Waals surface area (Å²) in [6.45, 7) is 2.71. The zero-order chi connectivity index (χ0) is 14.0. The van der Waals surface area contributed by atoms with Crippen molar-refractivity contribution in [3.63, 3.8) is 0 Å². The number of rotatable bonds is 4. The van der Waals surface area contributed by atoms with Crippen molar-refractivity contribution in [1.29, 1.82) is 0 Å². The van der Waals surface area contributed by atoms with Crippen molar-refractivity contribution in [2.45, 2.75) is 44.8 Å². The summed E-state index contributed by atoms with van der Waals surface area (Å²) in [6, 6.07) is -0.249. The quantitative estimate of drug-likeness (QED) is 0.823. The average molecular weight is 291 g/mol. The second-order valence-corrected chi connectivity index (χ2v) is 7.40. The Balaban J connectivity index is 1.98. The maximum atomic E-state index is 12.3. The molecule has 0 aromatic carbocycles. The zero-order valence-corrected chi connectivity index (χ0v) is 11.9. The maximum absolute atomic E-state index is 12.3. The molecule has 19 heavy (non-hydrogen) atoms. The number of piperidine rings is 1. The number of carbonyl (C=O) groups is 1. The molecule has 0 spiro atoms. The molecule has 2 heterocycles. The van der Waals surface area contributed by atoms with Gasteiger partial charge < -0.3 is 9.84 Å². The van der Waals surface area contributed by atoms with Crippen LogP contribution in [-0.2, 0) is 19.6 Å². The van der Waals surface area contributed by atoms with Gasteiger partial charge in [0.2, 0.25) is 10.0 Å². The van der Waals surface area contributed by atoms with E-state index in [0.717, 1.165) is 12.8 Å². The van der Waals surface area contributed by atoms with Crippen LogP contribution in [0.4, 0.5) is 0 Å². The molecule has 0 saturated carbocycles. The lowest BCUT2D eigenvalue weighted by Crippen LogP contribution is -2.48. The molecular weight excluding hydrogens is 270 g/mol. The standard InChI is InChI=1S/C12H21NO5S/c1-9-7-10(12(14)15)4-5-13(9)19(16,17)8-11-3-2-6-18-11/h9-11H,2-8H2,1H3,(H,14,15). The van der Waals surface area contributed by atoms with Gasteiger partial charge in [-0.15, -0.1) is 0 Å². The van der Waals surface area contributed by atoms with Crippen LogP contribution in [-0.4, -0.2) is 54.8 Å². The van der Waals surface area contributed by atoms with E-state index in [1.54, 1.807) is 6.92 Å². The maximum Gasteiger partial charge on any atom is 0.306 e. The van der Waals surface area contributed by atoms with Crippen molar-refractivity contribution >= 4 is 16.0 Å². The number of hydrogen-bond acceptors (Lipinski definition) is 4. The summed E-state index contributed by atoms with van der Waals surface area (Å²) in [7, 11) is -3.35. The number of aliphatic carboxylic acids is 1. The van der Waals surface area contributed by atoms with E-state index in [2.05, 4.69) is 0 Å². The van der Waals surface area contributed by atoms with Crippen molar-refractivity contribution in [1.82, 2.24) is 4.31 Å². The van der Waals surface area contributed by atoms with Gasteiger partial charge in [0, 0.05) is 19.2 Å². The highest BCUT2D eigenvalue weighted by Crippen LogP contribution is 2.27. The van der Waals surface area contributed by atoms with E-state index in [9.17, 15) is 13.2 Å². The molecule has 3 atom stereocenters. The second-order valence-electron chi connectivity index (χ2n) is 5.43. The minimum atomic E-state index is -3.35. The molecule has 1 N–H and O–H groups in total. The van der Waals surface area contributed by atoms with E-state index in [4.69, 9.17) is 9.84 Å². The molecule has 2 aliphatic heterocycles. The van der Waals surface area contributed by atoms with E-state index in [1.165, 1.54) is 4.31 Å². The van der Waals surface area contributed by atoms with E-state index in [0.29, 0.717) is 26.0 Å². The predicted octanol–water partition coefficient (Wildman–Crippen LogP) is 0.680. The summed E-state index contributed by atoms with van der Waals surface area (Å²) < 4.78 is 31.5. The monoisotopic (exact) mass is 291 g/mol. The Hall–Kier alpha value is -0.660. The van der Waals surface area contributed by atoms with Crippen molar-refractivity contribution in [3.05, 3.63) is 0 Å². The lowest BCUT2D eigenvalue weighted by Gasteiger charge is -2.35. The third kappa shape index (κ3) is 3.46. The smallest absolute Gasteiger partial charge is 0.306 e. The van der Waals surface area contributed by atoms with Crippen LogP contribution < -0.4 is 0 Å². The van der Waals surface area contributed by atoms with Crippen molar-refractivity contribution < 1.29 is 23.1 Å². The normalized spacial score (nSPS) is 33.4. The molecular formula is C12H21NO5S. The Bertz CT molecular complexity index is 429. The number of sulfonamides is 1. The molecule has 0 amide bonds. The van der Waals surface area contributed by atoms with E-state index < -0.39 is 21.9 Å². The van der Waals surface area contributed by atoms with Crippen LogP contribution in [0.15, 0.2) is 0 Å². The van der Waals surface area contributed by atoms with Crippen LogP contribution in [0.2, 0.25) is 0 Å². The topological polar surface area (TPSA) is 83.9 Å². The summed E-state index contributed by atoms with van der Waals surface area (Å²) in [5, 5.41) is 8.99. The Morgan fingerprint density at radius 2 is 2.16 bits per heavy atom. The lowest BCUT2D eigenvalue weighted by atomic mass is 9.93. The molecule has 0 bridgehead atoms. The molecule has 2 saturated heterocycles. The lowest BCUT2D eigenvalue weighted by molar-refractivity contribution is -0.143. The van der Waals surface area contributed by atoms with E-state index in [1.807, 2.05) is 0 Å². The molecule has 0 aliphatic carbocycles. The highest BCUT2D eigenvalue weighted by Gasteiger charge is 2.37. The second kappa shape index (κ2) is 5.76. The van der Waals surface area contributed by atoms with Gasteiger partial charge in [-0.05, 0) is 32.6 Å². The Morgan fingerprint density at radius 3 is 2.68 bits per heavy atom. The summed E-state index contributed by atoms with van der Waals surface area (Å²) in [5.74, 6) is -1.23. The van der Waals surface area contributed by atoms with Crippen LogP contribution in [0.25, 0.3) is 0 Å². The molecule has 3 unspecified atom stereocenters. The Kier molecular flexibility index (Phi) is 4.47. The van der Waals surface area contributed by atoms with Crippen molar-refractivity contribution in [2.75, 3.05) is 18.9 Å². The number of carboxylic acids is 1. The van der Waals surface area contributed by atoms with Gasteiger partial charge in [0.1, 0.15) is 0 Å². The molecule has 2 rings (SSSR count). The van der Waals surface area contributed by atoms with Crippen molar-refractivity contribution in [3.8, 4) is 0 Å². The predicted molar refractivity (Wildman–Crippen MR) is 69.3 cm³/mol. The highest BCUT2D eigenvalue weighted by atomic mass is 32.2. The molecule has 0 radical (unpaired) electrons. The molecule has 6 nitrogen and oxygen atoms in total. The van der Waals surface area contributed by atoms with Gasteiger partial charge in [-0.25, -0.2) is 8.42 Å². The van der Waals surface area contributed by atoms with Gasteiger partial charge in [-0.2, -0.15) is 4.31 Å². The van der Waals surface area contributed by atoms with Gasteiger partial charge in [0.15, 0.2) is 0 Å². The third-order valence-corrected chi connectivity index (χ3v) is 5.99. The minimum Gasteiger partial charge on any atom is -0.481 e. The van der Waals surface area contributed by atoms with Gasteiger partial charge >= 0.3 is 5.97 Å². The van der Waals surface area contributed by atoms with E-state index in [-0.39, 0.29) is 17.9 Å². The Labute approximate surface area is 113 Å². The van der Waals surface area contributed by atoms with Gasteiger partial charge in [-0.1, -0.05) is 0 Å². The van der Waals surface area contributed by atoms with Crippen LogP contribution in [0.3, 0.4) is 0 Å². The van der Waals surface area contributed by atoms with Crippen LogP contribution in [0.5, 0.6) is 0 Å². The molecule has 2 aliphatic rings. The number of nitrogens with zero attached hydrogens (tertiary/aromatic N) is 1. The third-order valence-electron chi connectivity index (χ3n) is 3.94. The zero-order valence-electron chi connectivity index (χ0n) is 11.1. The molecule has 0 aromatic rings. The average Bonchev–Trinajstić information content (AvgIpc) is 2.80. The number of carboxylic acid groups (broad SMARTS) is 1. The summed E-state index contributed by atoms with van der Waals surface area (Å²) in [5.41, 5.74) is 0. The Morgan fingerprint density at radius 1 is 1.42 bits per heavy atom. The van der Waals surface area contributed by atoms with Gasteiger partial charge in [-0.3, -0.25) is 4.79 Å². The van der Waals surface area contributed by atoms with Crippen molar-refractivity contribution in [2.24, 2.45) is 5.92 Å². The van der Waals surface area contributed by atoms with Crippen LogP contribution in [0, 0.1) is 5.92 Å². The first-order chi connectivity index (χ1) is 8.90. The first kappa shape index (κ1) is 14.7. The summed E-state index contributed by atoms with van der Waals surface area (Å²) in [6.07, 6.45) is 2.29. The molecule has 7 heteroatoms. The first-order valence-electron chi connectivity index (χ1n) is 6.74. The summed E-state index contributed by atoms with van der Waals surface area (Å²) in [4.78, 5) is 10.9. The van der Waals surface area contributed by atoms with Gasteiger partial charge in [0.25, 0.3) is 0 Å².